The zero-order valence-corrected chi connectivity index (χ0v) is 11.3. The maximum absolute atomic E-state index is 13.6. The number of methoxy groups -OCH3 is 1. The van der Waals surface area contributed by atoms with Crippen LogP contribution in [0.5, 0.6) is 0 Å². The SMILES string of the molecule is CCN(CCC(=O)OC)Cc1cc(Cl)ccc1F. The van der Waals surface area contributed by atoms with Crippen molar-refractivity contribution in [3.05, 3.63) is 34.6 Å². The number of nitrogens with zero attached hydrogens (tertiary/aromatic N) is 1. The normalized spacial score (nSPS) is 10.7. The summed E-state index contributed by atoms with van der Waals surface area (Å²) in [6, 6.07) is 4.48. The summed E-state index contributed by atoms with van der Waals surface area (Å²) in [5.41, 5.74) is 0.536. The number of benzene rings is 1. The van der Waals surface area contributed by atoms with Crippen LogP contribution in [0.2, 0.25) is 5.02 Å². The summed E-state index contributed by atoms with van der Waals surface area (Å²) in [6.45, 7) is 3.65. The van der Waals surface area contributed by atoms with E-state index in [1.165, 1.54) is 19.2 Å². The van der Waals surface area contributed by atoms with Crippen LogP contribution < -0.4 is 0 Å². The fraction of sp³-hybridized carbons (Fsp3) is 0.462. The van der Waals surface area contributed by atoms with Gasteiger partial charge in [0, 0.05) is 23.7 Å². The van der Waals surface area contributed by atoms with Crippen molar-refractivity contribution in [3.8, 4) is 0 Å². The van der Waals surface area contributed by atoms with Crippen LogP contribution in [-0.2, 0) is 16.1 Å². The zero-order valence-electron chi connectivity index (χ0n) is 10.6. The largest absolute Gasteiger partial charge is 0.469 e. The molecule has 0 aromatic heterocycles. The van der Waals surface area contributed by atoms with Gasteiger partial charge in [-0.25, -0.2) is 4.39 Å². The molecule has 0 bridgehead atoms. The van der Waals surface area contributed by atoms with E-state index in [2.05, 4.69) is 4.74 Å². The Labute approximate surface area is 111 Å². The van der Waals surface area contributed by atoms with Gasteiger partial charge in [0.2, 0.25) is 0 Å². The number of rotatable bonds is 6. The molecule has 0 N–H and O–H groups in total. The molecule has 1 rings (SSSR count). The molecule has 1 aromatic rings. The lowest BCUT2D eigenvalue weighted by molar-refractivity contribution is -0.141. The van der Waals surface area contributed by atoms with Crippen molar-refractivity contribution < 1.29 is 13.9 Å². The maximum atomic E-state index is 13.6. The molecule has 0 aliphatic heterocycles. The second kappa shape index (κ2) is 7.34. The molecule has 1 aromatic carbocycles. The van der Waals surface area contributed by atoms with Crippen molar-refractivity contribution in [2.45, 2.75) is 19.9 Å². The highest BCUT2D eigenvalue weighted by Gasteiger charge is 2.10. The van der Waals surface area contributed by atoms with Crippen LogP contribution in [0.25, 0.3) is 0 Å². The third-order valence-electron chi connectivity index (χ3n) is 2.71. The van der Waals surface area contributed by atoms with Gasteiger partial charge in [-0.15, -0.1) is 0 Å². The first-order valence-corrected chi connectivity index (χ1v) is 6.17. The Bertz CT molecular complexity index is 412. The lowest BCUT2D eigenvalue weighted by Gasteiger charge is -2.20. The minimum atomic E-state index is -0.282. The summed E-state index contributed by atoms with van der Waals surface area (Å²) in [5, 5.41) is 0.510. The number of hydrogen-bond acceptors (Lipinski definition) is 3. The fourth-order valence-corrected chi connectivity index (χ4v) is 1.80. The molecule has 0 saturated carbocycles. The molecule has 5 heteroatoms. The Kier molecular flexibility index (Phi) is 6.09. The van der Waals surface area contributed by atoms with E-state index in [1.807, 2.05) is 11.8 Å². The van der Waals surface area contributed by atoms with Gasteiger partial charge in [0.25, 0.3) is 0 Å². The minimum Gasteiger partial charge on any atom is -0.469 e. The molecule has 0 aliphatic rings. The molecule has 0 spiro atoms. The average Bonchev–Trinajstić information content (AvgIpc) is 2.37. The molecule has 18 heavy (non-hydrogen) atoms. The minimum absolute atomic E-state index is 0.264. The van der Waals surface area contributed by atoms with E-state index in [0.717, 1.165) is 6.54 Å². The Morgan fingerprint density at radius 3 is 2.83 bits per heavy atom. The van der Waals surface area contributed by atoms with Crippen LogP contribution in [0.15, 0.2) is 18.2 Å². The third-order valence-corrected chi connectivity index (χ3v) is 2.94. The fourth-order valence-electron chi connectivity index (χ4n) is 1.61. The summed E-state index contributed by atoms with van der Waals surface area (Å²) in [5.74, 6) is -0.545. The first kappa shape index (κ1) is 14.9. The van der Waals surface area contributed by atoms with Crippen LogP contribution in [0.1, 0.15) is 18.9 Å². The average molecular weight is 274 g/mol. The van der Waals surface area contributed by atoms with E-state index >= 15 is 0 Å². The number of hydrogen-bond donors (Lipinski definition) is 0. The quantitative estimate of drug-likeness (QED) is 0.747. The molecule has 100 valence electrons. The number of ether oxygens (including phenoxy) is 1. The highest BCUT2D eigenvalue weighted by atomic mass is 35.5. The second-order valence-electron chi connectivity index (χ2n) is 3.93. The Balaban J connectivity index is 2.62. The van der Waals surface area contributed by atoms with Gasteiger partial charge < -0.3 is 4.74 Å². The number of carbonyl (C=O) groups is 1. The summed E-state index contributed by atoms with van der Waals surface area (Å²) < 4.78 is 18.1. The predicted octanol–water partition coefficient (Wildman–Crippen LogP) is 2.86. The van der Waals surface area contributed by atoms with E-state index in [-0.39, 0.29) is 11.8 Å². The summed E-state index contributed by atoms with van der Waals surface area (Å²) >= 11 is 5.83. The zero-order chi connectivity index (χ0) is 13.5. The lowest BCUT2D eigenvalue weighted by atomic mass is 10.2. The molecule has 0 atom stereocenters. The van der Waals surface area contributed by atoms with Gasteiger partial charge >= 0.3 is 5.97 Å². The third kappa shape index (κ3) is 4.63. The molecule has 0 unspecified atom stereocenters. The van der Waals surface area contributed by atoms with Gasteiger partial charge in [0.05, 0.1) is 13.5 Å². The smallest absolute Gasteiger partial charge is 0.306 e. The van der Waals surface area contributed by atoms with Crippen LogP contribution >= 0.6 is 11.6 Å². The van der Waals surface area contributed by atoms with Gasteiger partial charge in [-0.2, -0.15) is 0 Å². The molecule has 0 amide bonds. The Morgan fingerprint density at radius 1 is 1.50 bits per heavy atom. The van der Waals surface area contributed by atoms with Gasteiger partial charge in [-0.3, -0.25) is 9.69 Å². The van der Waals surface area contributed by atoms with E-state index < -0.39 is 0 Å². The lowest BCUT2D eigenvalue weighted by Crippen LogP contribution is -2.26. The first-order chi connectivity index (χ1) is 8.56. The molecular formula is C13H17ClFNO2. The number of halogens is 2. The van der Waals surface area contributed by atoms with Crippen molar-refractivity contribution in [3.63, 3.8) is 0 Å². The van der Waals surface area contributed by atoms with Crippen LogP contribution in [0.3, 0.4) is 0 Å². The van der Waals surface area contributed by atoms with Gasteiger partial charge in [-0.05, 0) is 24.7 Å². The number of esters is 1. The van der Waals surface area contributed by atoms with Crippen LogP contribution in [0, 0.1) is 5.82 Å². The van der Waals surface area contributed by atoms with E-state index in [9.17, 15) is 9.18 Å². The van der Waals surface area contributed by atoms with Crippen molar-refractivity contribution in [2.24, 2.45) is 0 Å². The molecule has 0 aliphatic carbocycles. The highest BCUT2D eigenvalue weighted by Crippen LogP contribution is 2.16. The molecular weight excluding hydrogens is 257 g/mol. The van der Waals surface area contributed by atoms with Crippen molar-refractivity contribution in [1.29, 1.82) is 0 Å². The van der Waals surface area contributed by atoms with Gasteiger partial charge in [0.1, 0.15) is 5.82 Å². The van der Waals surface area contributed by atoms with E-state index in [4.69, 9.17) is 11.6 Å². The first-order valence-electron chi connectivity index (χ1n) is 5.80. The highest BCUT2D eigenvalue weighted by molar-refractivity contribution is 6.30. The van der Waals surface area contributed by atoms with Crippen molar-refractivity contribution in [1.82, 2.24) is 4.90 Å². The van der Waals surface area contributed by atoms with E-state index in [0.29, 0.717) is 30.1 Å². The van der Waals surface area contributed by atoms with E-state index in [1.54, 1.807) is 6.07 Å². The molecule has 0 saturated heterocycles. The van der Waals surface area contributed by atoms with Gasteiger partial charge in [0.15, 0.2) is 0 Å². The summed E-state index contributed by atoms with van der Waals surface area (Å²) in [4.78, 5) is 13.0. The molecule has 0 radical (unpaired) electrons. The monoisotopic (exact) mass is 273 g/mol. The Hall–Kier alpha value is -1.13. The van der Waals surface area contributed by atoms with Crippen molar-refractivity contribution >= 4 is 17.6 Å². The predicted molar refractivity (Wildman–Crippen MR) is 69.0 cm³/mol. The number of carbonyl (C=O) groups excluding carboxylic acids is 1. The second-order valence-corrected chi connectivity index (χ2v) is 4.37. The molecule has 0 fully saturated rings. The summed E-state index contributed by atoms with van der Waals surface area (Å²) in [7, 11) is 1.36. The van der Waals surface area contributed by atoms with Crippen molar-refractivity contribution in [2.75, 3.05) is 20.2 Å². The molecule has 3 nitrogen and oxygen atoms in total. The van der Waals surface area contributed by atoms with Crippen LogP contribution in [0.4, 0.5) is 4.39 Å². The topological polar surface area (TPSA) is 29.5 Å². The Morgan fingerprint density at radius 2 is 2.22 bits per heavy atom. The summed E-state index contributed by atoms with van der Waals surface area (Å²) in [6.07, 6.45) is 0.298. The molecule has 0 heterocycles. The standard InChI is InChI=1S/C13H17ClFNO2/c1-3-16(7-6-13(17)18-2)9-10-8-11(14)4-5-12(10)15/h4-5,8H,3,6-7,9H2,1-2H3. The van der Waals surface area contributed by atoms with Crippen LogP contribution in [-0.4, -0.2) is 31.1 Å². The van der Waals surface area contributed by atoms with Gasteiger partial charge in [-0.1, -0.05) is 18.5 Å². The maximum Gasteiger partial charge on any atom is 0.306 e.